The first-order chi connectivity index (χ1) is 5.68. The molecular formula is C9H14ClNS. The second kappa shape index (κ2) is 4.85. The van der Waals surface area contributed by atoms with Crippen LogP contribution in [0.1, 0.15) is 18.7 Å². The summed E-state index contributed by atoms with van der Waals surface area (Å²) >= 11 is 7.52. The molecule has 1 nitrogen and oxygen atoms in total. The summed E-state index contributed by atoms with van der Waals surface area (Å²) < 4.78 is 0. The van der Waals surface area contributed by atoms with E-state index >= 15 is 0 Å². The van der Waals surface area contributed by atoms with Crippen LogP contribution in [0.3, 0.4) is 0 Å². The van der Waals surface area contributed by atoms with Gasteiger partial charge in [0.2, 0.25) is 0 Å². The third-order valence-corrected chi connectivity index (χ3v) is 2.89. The molecule has 0 amide bonds. The fraction of sp³-hybridized carbons (Fsp3) is 0.556. The Balaban J connectivity index is 2.24. The van der Waals surface area contributed by atoms with E-state index in [1.807, 2.05) is 11.4 Å². The van der Waals surface area contributed by atoms with Gasteiger partial charge in [0.15, 0.2) is 0 Å². The molecule has 1 aromatic rings. The predicted octanol–water partition coefficient (Wildman–Crippen LogP) is 2.94. The first-order valence-electron chi connectivity index (χ1n) is 4.15. The number of rotatable bonds is 4. The lowest BCUT2D eigenvalue weighted by atomic mass is 10.3. The molecule has 0 aromatic carbocycles. The lowest BCUT2D eigenvalue weighted by Crippen LogP contribution is -2.24. The molecule has 1 aromatic heterocycles. The maximum atomic E-state index is 5.79. The SMILES string of the molecule is CC(C)NCCc1cc(Cl)cs1. The van der Waals surface area contributed by atoms with Gasteiger partial charge in [0.1, 0.15) is 0 Å². The smallest absolute Gasteiger partial charge is 0.0515 e. The molecule has 1 rings (SSSR count). The molecule has 0 saturated carbocycles. The zero-order valence-electron chi connectivity index (χ0n) is 7.43. The highest BCUT2D eigenvalue weighted by Crippen LogP contribution is 2.18. The van der Waals surface area contributed by atoms with E-state index in [-0.39, 0.29) is 0 Å². The van der Waals surface area contributed by atoms with Gasteiger partial charge in [0, 0.05) is 22.8 Å². The van der Waals surface area contributed by atoms with Crippen LogP contribution in [0.25, 0.3) is 0 Å². The third-order valence-electron chi connectivity index (χ3n) is 1.55. The van der Waals surface area contributed by atoms with E-state index in [4.69, 9.17) is 11.6 Å². The average Bonchev–Trinajstić information content (AvgIpc) is 2.35. The maximum absolute atomic E-state index is 5.79. The van der Waals surface area contributed by atoms with Gasteiger partial charge in [-0.1, -0.05) is 25.4 Å². The lowest BCUT2D eigenvalue weighted by Gasteiger charge is -2.05. The van der Waals surface area contributed by atoms with Crippen molar-refractivity contribution in [1.82, 2.24) is 5.32 Å². The molecule has 1 N–H and O–H groups in total. The van der Waals surface area contributed by atoms with Gasteiger partial charge in [-0.25, -0.2) is 0 Å². The van der Waals surface area contributed by atoms with Crippen molar-refractivity contribution >= 4 is 22.9 Å². The Morgan fingerprint density at radius 1 is 1.58 bits per heavy atom. The average molecular weight is 204 g/mol. The molecule has 12 heavy (non-hydrogen) atoms. The molecule has 0 atom stereocenters. The first-order valence-corrected chi connectivity index (χ1v) is 5.40. The van der Waals surface area contributed by atoms with Crippen molar-refractivity contribution in [2.24, 2.45) is 0 Å². The normalized spacial score (nSPS) is 11.0. The summed E-state index contributed by atoms with van der Waals surface area (Å²) in [6.07, 6.45) is 1.08. The van der Waals surface area contributed by atoms with Crippen LogP contribution in [0.5, 0.6) is 0 Å². The summed E-state index contributed by atoms with van der Waals surface area (Å²) in [5, 5.41) is 6.21. The van der Waals surface area contributed by atoms with Crippen molar-refractivity contribution < 1.29 is 0 Å². The van der Waals surface area contributed by atoms with E-state index in [0.29, 0.717) is 6.04 Å². The molecule has 68 valence electrons. The third kappa shape index (κ3) is 3.57. The molecule has 0 saturated heterocycles. The molecule has 0 radical (unpaired) electrons. The lowest BCUT2D eigenvalue weighted by molar-refractivity contribution is 0.592. The van der Waals surface area contributed by atoms with Gasteiger partial charge in [0.05, 0.1) is 5.02 Å². The summed E-state index contributed by atoms with van der Waals surface area (Å²) in [7, 11) is 0. The summed E-state index contributed by atoms with van der Waals surface area (Å²) in [5.41, 5.74) is 0. The zero-order valence-corrected chi connectivity index (χ0v) is 9.00. The minimum absolute atomic E-state index is 0.570. The van der Waals surface area contributed by atoms with E-state index in [2.05, 4.69) is 19.2 Å². The topological polar surface area (TPSA) is 12.0 Å². The number of nitrogens with one attached hydrogen (secondary N) is 1. The zero-order chi connectivity index (χ0) is 8.97. The standard InChI is InChI=1S/C9H14ClNS/c1-7(2)11-4-3-9-5-8(10)6-12-9/h5-7,11H,3-4H2,1-2H3. The van der Waals surface area contributed by atoms with E-state index in [9.17, 15) is 0 Å². The fourth-order valence-electron chi connectivity index (χ4n) is 0.969. The Morgan fingerprint density at radius 3 is 2.83 bits per heavy atom. The molecule has 0 spiro atoms. The van der Waals surface area contributed by atoms with Crippen LogP contribution in [-0.2, 0) is 6.42 Å². The van der Waals surface area contributed by atoms with Crippen LogP contribution in [0.2, 0.25) is 5.02 Å². The Labute approximate surface area is 82.7 Å². The molecule has 0 bridgehead atoms. The van der Waals surface area contributed by atoms with Crippen LogP contribution in [-0.4, -0.2) is 12.6 Å². The molecule has 0 aliphatic rings. The van der Waals surface area contributed by atoms with Gasteiger partial charge in [0.25, 0.3) is 0 Å². The van der Waals surface area contributed by atoms with Gasteiger partial charge < -0.3 is 5.32 Å². The van der Waals surface area contributed by atoms with Crippen molar-refractivity contribution in [3.63, 3.8) is 0 Å². The van der Waals surface area contributed by atoms with Crippen molar-refractivity contribution in [2.45, 2.75) is 26.3 Å². The Kier molecular flexibility index (Phi) is 4.06. The molecular weight excluding hydrogens is 190 g/mol. The van der Waals surface area contributed by atoms with Gasteiger partial charge >= 0.3 is 0 Å². The molecule has 0 aliphatic heterocycles. The van der Waals surface area contributed by atoms with Crippen LogP contribution >= 0.6 is 22.9 Å². The second-order valence-electron chi connectivity index (χ2n) is 3.09. The monoisotopic (exact) mass is 203 g/mol. The summed E-state index contributed by atoms with van der Waals surface area (Å²) in [6, 6.07) is 2.61. The van der Waals surface area contributed by atoms with Crippen LogP contribution in [0.15, 0.2) is 11.4 Å². The van der Waals surface area contributed by atoms with E-state index in [1.165, 1.54) is 4.88 Å². The number of halogens is 1. The van der Waals surface area contributed by atoms with Crippen LogP contribution in [0, 0.1) is 0 Å². The van der Waals surface area contributed by atoms with Crippen molar-refractivity contribution in [3.8, 4) is 0 Å². The predicted molar refractivity (Wildman–Crippen MR) is 56.2 cm³/mol. The Bertz CT molecular complexity index is 232. The number of hydrogen-bond acceptors (Lipinski definition) is 2. The summed E-state index contributed by atoms with van der Waals surface area (Å²) in [6.45, 7) is 5.34. The quantitative estimate of drug-likeness (QED) is 0.794. The molecule has 0 unspecified atom stereocenters. The van der Waals surface area contributed by atoms with Crippen LogP contribution in [0.4, 0.5) is 0 Å². The number of hydrogen-bond donors (Lipinski definition) is 1. The highest BCUT2D eigenvalue weighted by molar-refractivity contribution is 7.10. The Morgan fingerprint density at radius 2 is 2.33 bits per heavy atom. The first kappa shape index (κ1) is 10.0. The minimum Gasteiger partial charge on any atom is -0.314 e. The maximum Gasteiger partial charge on any atom is 0.0515 e. The minimum atomic E-state index is 0.570. The number of thiophene rings is 1. The molecule has 3 heteroatoms. The highest BCUT2D eigenvalue weighted by Gasteiger charge is 1.97. The van der Waals surface area contributed by atoms with Gasteiger partial charge in [-0.15, -0.1) is 11.3 Å². The van der Waals surface area contributed by atoms with Gasteiger partial charge in [-0.3, -0.25) is 0 Å². The largest absolute Gasteiger partial charge is 0.314 e. The van der Waals surface area contributed by atoms with E-state index in [1.54, 1.807) is 11.3 Å². The fourth-order valence-corrected chi connectivity index (χ4v) is 2.05. The van der Waals surface area contributed by atoms with Crippen molar-refractivity contribution in [3.05, 3.63) is 21.3 Å². The molecule has 0 aliphatic carbocycles. The second-order valence-corrected chi connectivity index (χ2v) is 4.52. The molecule has 0 fully saturated rings. The van der Waals surface area contributed by atoms with E-state index < -0.39 is 0 Å². The van der Waals surface area contributed by atoms with Crippen LogP contribution < -0.4 is 5.32 Å². The van der Waals surface area contributed by atoms with Crippen molar-refractivity contribution in [2.75, 3.05) is 6.54 Å². The summed E-state index contributed by atoms with van der Waals surface area (Å²) in [4.78, 5) is 1.35. The van der Waals surface area contributed by atoms with E-state index in [0.717, 1.165) is 18.0 Å². The van der Waals surface area contributed by atoms with Gasteiger partial charge in [-0.05, 0) is 12.5 Å². The van der Waals surface area contributed by atoms with Crippen molar-refractivity contribution in [1.29, 1.82) is 0 Å². The summed E-state index contributed by atoms with van der Waals surface area (Å²) in [5.74, 6) is 0. The Hall–Kier alpha value is -0.0500. The van der Waals surface area contributed by atoms with Gasteiger partial charge in [-0.2, -0.15) is 0 Å². The molecule has 1 heterocycles. The highest BCUT2D eigenvalue weighted by atomic mass is 35.5.